The van der Waals surface area contributed by atoms with Crippen LogP contribution in [0.1, 0.15) is 34.7 Å². The highest BCUT2D eigenvalue weighted by molar-refractivity contribution is 5.95. The van der Waals surface area contributed by atoms with E-state index in [0.29, 0.717) is 23.9 Å². The molecule has 4 fully saturated rings. The number of piperidine rings is 3. The monoisotopic (exact) mass is 362 g/mol. The first kappa shape index (κ1) is 16.8. The summed E-state index contributed by atoms with van der Waals surface area (Å²) in [4.78, 5) is 18.3. The third-order valence-electron chi connectivity index (χ3n) is 6.80. The van der Waals surface area contributed by atoms with Crippen molar-refractivity contribution < 1.29 is 9.53 Å². The summed E-state index contributed by atoms with van der Waals surface area (Å²) in [5.74, 6) is 1.92. The highest BCUT2D eigenvalue weighted by Crippen LogP contribution is 2.46. The molecule has 0 spiro atoms. The Labute approximate surface area is 160 Å². The zero-order valence-corrected chi connectivity index (χ0v) is 15.8. The van der Waals surface area contributed by atoms with Crippen molar-refractivity contribution in [2.24, 2.45) is 5.92 Å². The Morgan fingerprint density at radius 2 is 1.78 bits per heavy atom. The summed E-state index contributed by atoms with van der Waals surface area (Å²) in [6.45, 7) is 3.16. The van der Waals surface area contributed by atoms with Gasteiger partial charge in [0.15, 0.2) is 0 Å². The van der Waals surface area contributed by atoms with Crippen LogP contribution in [0.15, 0.2) is 54.6 Å². The molecule has 4 heteroatoms. The van der Waals surface area contributed by atoms with Gasteiger partial charge in [-0.25, -0.2) is 0 Å². The first-order chi connectivity index (χ1) is 13.3. The fourth-order valence-corrected chi connectivity index (χ4v) is 5.57. The number of rotatable bonds is 3. The zero-order valence-electron chi connectivity index (χ0n) is 15.8. The third kappa shape index (κ3) is 2.74. The summed E-state index contributed by atoms with van der Waals surface area (Å²) < 4.78 is 5.34. The number of likely N-dealkylation sites (tertiary alicyclic amines) is 1. The van der Waals surface area contributed by atoms with Crippen LogP contribution in [0.5, 0.6) is 5.75 Å². The maximum Gasteiger partial charge on any atom is 0.254 e. The molecule has 0 aromatic heterocycles. The molecule has 3 atom stereocenters. The SMILES string of the molecule is COc1cccc(C(=O)N2C[C@H](c3ccccc3)[C@H]3[C@@H]2C2CCN3CC2)c1. The van der Waals surface area contributed by atoms with Gasteiger partial charge in [0.1, 0.15) is 5.75 Å². The van der Waals surface area contributed by atoms with Crippen LogP contribution < -0.4 is 4.74 Å². The van der Waals surface area contributed by atoms with E-state index in [1.165, 1.54) is 31.5 Å². The molecule has 4 aliphatic rings. The highest BCUT2D eigenvalue weighted by Gasteiger charge is 2.54. The smallest absolute Gasteiger partial charge is 0.254 e. The number of carbonyl (C=O) groups excluding carboxylic acids is 1. The van der Waals surface area contributed by atoms with Crippen LogP contribution in [0, 0.1) is 5.92 Å². The van der Waals surface area contributed by atoms with Gasteiger partial charge in [-0.1, -0.05) is 36.4 Å². The Morgan fingerprint density at radius 3 is 2.52 bits per heavy atom. The van der Waals surface area contributed by atoms with Crippen molar-refractivity contribution in [3.8, 4) is 5.75 Å². The lowest BCUT2D eigenvalue weighted by Crippen LogP contribution is -2.60. The molecule has 27 heavy (non-hydrogen) atoms. The van der Waals surface area contributed by atoms with E-state index < -0.39 is 0 Å². The first-order valence-electron chi connectivity index (χ1n) is 10.0. The van der Waals surface area contributed by atoms with Crippen LogP contribution in [0.2, 0.25) is 0 Å². The predicted octanol–water partition coefficient (Wildman–Crippen LogP) is 3.40. The summed E-state index contributed by atoms with van der Waals surface area (Å²) >= 11 is 0. The molecule has 6 rings (SSSR count). The van der Waals surface area contributed by atoms with Crippen molar-refractivity contribution in [2.45, 2.75) is 30.8 Å². The fraction of sp³-hybridized carbons (Fsp3) is 0.435. The lowest BCUT2D eigenvalue weighted by Gasteiger charge is -2.51. The standard InChI is InChI=1S/C23H26N2O2/c1-27-19-9-5-8-18(14-19)23(26)25-15-20(16-6-3-2-4-7-16)22-21(25)17-10-12-24(22)13-11-17/h2-9,14,17,20-22H,10-13,15H2,1H3/t20-,21+,22+/m1/s1. The average molecular weight is 362 g/mol. The van der Waals surface area contributed by atoms with Gasteiger partial charge in [-0.15, -0.1) is 0 Å². The van der Waals surface area contributed by atoms with Gasteiger partial charge in [0, 0.05) is 24.1 Å². The normalized spacial score (nSPS) is 31.6. The number of methoxy groups -OCH3 is 1. The van der Waals surface area contributed by atoms with Crippen LogP contribution in [-0.4, -0.2) is 54.5 Å². The Balaban J connectivity index is 1.51. The van der Waals surface area contributed by atoms with E-state index in [4.69, 9.17) is 4.74 Å². The van der Waals surface area contributed by atoms with Crippen molar-refractivity contribution in [1.29, 1.82) is 0 Å². The van der Waals surface area contributed by atoms with E-state index in [1.807, 2.05) is 24.3 Å². The molecule has 4 saturated heterocycles. The van der Waals surface area contributed by atoms with Gasteiger partial charge >= 0.3 is 0 Å². The minimum Gasteiger partial charge on any atom is -0.497 e. The van der Waals surface area contributed by atoms with Crippen molar-refractivity contribution in [3.63, 3.8) is 0 Å². The molecule has 4 nitrogen and oxygen atoms in total. The number of hydrogen-bond donors (Lipinski definition) is 0. The summed E-state index contributed by atoms with van der Waals surface area (Å²) in [5, 5.41) is 0. The van der Waals surface area contributed by atoms with Gasteiger partial charge in [0.05, 0.1) is 13.2 Å². The molecule has 2 bridgehead atoms. The Morgan fingerprint density at radius 1 is 1.00 bits per heavy atom. The average Bonchev–Trinajstić information content (AvgIpc) is 3.17. The van der Waals surface area contributed by atoms with E-state index in [9.17, 15) is 4.79 Å². The van der Waals surface area contributed by atoms with Gasteiger partial charge in [0.25, 0.3) is 5.91 Å². The summed E-state index contributed by atoms with van der Waals surface area (Å²) in [6.07, 6.45) is 2.43. The first-order valence-corrected chi connectivity index (χ1v) is 10.0. The van der Waals surface area contributed by atoms with E-state index in [2.05, 4.69) is 40.1 Å². The van der Waals surface area contributed by atoms with Gasteiger partial charge in [-0.3, -0.25) is 9.69 Å². The second-order valence-electron chi connectivity index (χ2n) is 8.06. The zero-order chi connectivity index (χ0) is 18.4. The number of fused-ring (bicyclic) bond motifs is 2. The Kier molecular flexibility index (Phi) is 4.16. The van der Waals surface area contributed by atoms with Crippen molar-refractivity contribution in [3.05, 3.63) is 65.7 Å². The maximum atomic E-state index is 13.5. The van der Waals surface area contributed by atoms with Crippen LogP contribution >= 0.6 is 0 Å². The topological polar surface area (TPSA) is 32.8 Å². The van der Waals surface area contributed by atoms with Gasteiger partial charge in [0.2, 0.25) is 0 Å². The lowest BCUT2D eigenvalue weighted by atomic mass is 9.75. The largest absolute Gasteiger partial charge is 0.497 e. The third-order valence-corrected chi connectivity index (χ3v) is 6.80. The molecule has 2 aromatic rings. The predicted molar refractivity (Wildman–Crippen MR) is 105 cm³/mol. The molecular weight excluding hydrogens is 336 g/mol. The molecule has 0 saturated carbocycles. The molecule has 140 valence electrons. The second kappa shape index (κ2) is 6.68. The van der Waals surface area contributed by atoms with E-state index in [-0.39, 0.29) is 5.91 Å². The van der Waals surface area contributed by atoms with E-state index >= 15 is 0 Å². The number of nitrogens with zero attached hydrogens (tertiary/aromatic N) is 2. The number of carbonyl (C=O) groups is 1. The van der Waals surface area contributed by atoms with Crippen molar-refractivity contribution in [2.75, 3.05) is 26.7 Å². The highest BCUT2D eigenvalue weighted by atomic mass is 16.5. The number of ether oxygens (including phenoxy) is 1. The van der Waals surface area contributed by atoms with Crippen LogP contribution in [0.4, 0.5) is 0 Å². The maximum absolute atomic E-state index is 13.5. The summed E-state index contributed by atoms with van der Waals surface area (Å²) in [6, 6.07) is 19.1. The van der Waals surface area contributed by atoms with Gasteiger partial charge in [-0.05, 0) is 55.6 Å². The molecule has 0 N–H and O–H groups in total. The minimum atomic E-state index is 0.149. The molecule has 0 radical (unpaired) electrons. The van der Waals surface area contributed by atoms with Gasteiger partial charge < -0.3 is 9.64 Å². The Bertz CT molecular complexity index is 829. The fourth-order valence-electron chi connectivity index (χ4n) is 5.57. The van der Waals surface area contributed by atoms with Crippen molar-refractivity contribution >= 4 is 5.91 Å². The second-order valence-corrected chi connectivity index (χ2v) is 8.06. The molecule has 2 aromatic carbocycles. The summed E-state index contributed by atoms with van der Waals surface area (Å²) in [7, 11) is 1.65. The number of amides is 1. The quantitative estimate of drug-likeness (QED) is 0.839. The minimum absolute atomic E-state index is 0.149. The number of benzene rings is 2. The van der Waals surface area contributed by atoms with Crippen LogP contribution in [-0.2, 0) is 0 Å². The molecule has 0 aliphatic carbocycles. The van der Waals surface area contributed by atoms with Gasteiger partial charge in [-0.2, -0.15) is 0 Å². The van der Waals surface area contributed by atoms with E-state index in [1.54, 1.807) is 7.11 Å². The van der Waals surface area contributed by atoms with Crippen LogP contribution in [0.25, 0.3) is 0 Å². The molecule has 1 amide bonds. The van der Waals surface area contributed by atoms with E-state index in [0.717, 1.165) is 17.9 Å². The molecule has 4 heterocycles. The van der Waals surface area contributed by atoms with Crippen molar-refractivity contribution in [1.82, 2.24) is 9.80 Å². The van der Waals surface area contributed by atoms with Crippen LogP contribution in [0.3, 0.4) is 0 Å². The lowest BCUT2D eigenvalue weighted by molar-refractivity contribution is -0.00341. The molecular formula is C23H26N2O2. The Hall–Kier alpha value is -2.33. The molecule has 0 unspecified atom stereocenters. The number of hydrogen-bond acceptors (Lipinski definition) is 3. The molecule has 4 aliphatic heterocycles. The summed E-state index contributed by atoms with van der Waals surface area (Å²) in [5.41, 5.74) is 2.10.